The second-order valence-corrected chi connectivity index (χ2v) is 7.39. The van der Waals surface area contributed by atoms with E-state index in [1.807, 2.05) is 6.92 Å². The molecule has 0 saturated carbocycles. The fraction of sp³-hybridized carbons (Fsp3) is 0.714. The highest BCUT2D eigenvalue weighted by Gasteiger charge is 2.37. The van der Waals surface area contributed by atoms with Crippen LogP contribution in [0.3, 0.4) is 0 Å². The lowest BCUT2D eigenvalue weighted by Gasteiger charge is -2.30. The first kappa shape index (κ1) is 19.2. The largest absolute Gasteiger partial charge is 0.469 e. The highest BCUT2D eigenvalue weighted by Crippen LogP contribution is 2.39. The van der Waals surface area contributed by atoms with E-state index in [2.05, 4.69) is 10.1 Å². The normalized spacial score (nSPS) is 18.9. The minimum absolute atomic E-state index is 0.567. The first-order chi connectivity index (χ1) is 10.4. The molecule has 2 N–H and O–H groups in total. The van der Waals surface area contributed by atoms with Gasteiger partial charge in [0.25, 0.3) is 0 Å². The van der Waals surface area contributed by atoms with Gasteiger partial charge in [0.15, 0.2) is 0 Å². The van der Waals surface area contributed by atoms with E-state index in [4.69, 9.17) is 4.74 Å². The molecular formula is C14H23NO5S2. The number of ether oxygens (including phenoxy) is 2. The zero-order valence-electron chi connectivity index (χ0n) is 13.3. The molecule has 8 heteroatoms. The Kier molecular flexibility index (Phi) is 8.13. The third kappa shape index (κ3) is 5.10. The van der Waals surface area contributed by atoms with E-state index in [-0.39, 0.29) is 0 Å². The van der Waals surface area contributed by atoms with Crippen LogP contribution < -0.4 is 5.32 Å². The summed E-state index contributed by atoms with van der Waals surface area (Å²) in [6.45, 7) is 3.37. The van der Waals surface area contributed by atoms with Crippen molar-refractivity contribution in [2.45, 2.75) is 32.4 Å². The van der Waals surface area contributed by atoms with Gasteiger partial charge < -0.3 is 19.9 Å². The van der Waals surface area contributed by atoms with E-state index in [1.165, 1.54) is 21.1 Å². The number of carbonyl (C=O) groups excluding carboxylic acids is 2. The summed E-state index contributed by atoms with van der Waals surface area (Å²) >= 11 is 3.40. The monoisotopic (exact) mass is 349 g/mol. The Labute approximate surface area is 139 Å². The summed E-state index contributed by atoms with van der Waals surface area (Å²) in [5.74, 6) is 0.548. The minimum atomic E-state index is -0.969. The van der Waals surface area contributed by atoms with Gasteiger partial charge in [-0.15, -0.1) is 23.5 Å². The molecule has 0 aliphatic carbocycles. The molecule has 126 valence electrons. The molecule has 22 heavy (non-hydrogen) atoms. The second-order valence-electron chi connectivity index (χ2n) is 4.92. The molecular weight excluding hydrogens is 326 g/mol. The highest BCUT2D eigenvalue weighted by atomic mass is 32.2. The lowest BCUT2D eigenvalue weighted by Crippen LogP contribution is -2.49. The summed E-state index contributed by atoms with van der Waals surface area (Å²) < 4.78 is 10.5. The fourth-order valence-electron chi connectivity index (χ4n) is 2.19. The molecule has 0 bridgehead atoms. The number of thioether (sulfide) groups is 2. The maximum absolute atomic E-state index is 12.0. The average molecular weight is 349 g/mol. The van der Waals surface area contributed by atoms with Crippen molar-refractivity contribution in [3.63, 3.8) is 0 Å². The van der Waals surface area contributed by atoms with Gasteiger partial charge in [-0.3, -0.25) is 4.79 Å². The number of aliphatic hydroxyl groups excluding tert-OH is 1. The molecule has 6 nitrogen and oxygen atoms in total. The molecule has 3 atom stereocenters. The van der Waals surface area contributed by atoms with Crippen LogP contribution in [0, 0.1) is 5.92 Å². The SMILES string of the molecule is COC(=O)N[C@H](C(C)=C1SCCCS1)[C@@H](C(=O)OC)[C@@H](C)O. The third-order valence-electron chi connectivity index (χ3n) is 3.35. The number of carbonyl (C=O) groups is 2. The van der Waals surface area contributed by atoms with Crippen molar-refractivity contribution < 1.29 is 24.2 Å². The quantitative estimate of drug-likeness (QED) is 0.734. The zero-order valence-corrected chi connectivity index (χ0v) is 14.9. The van der Waals surface area contributed by atoms with Crippen LogP contribution in [0.15, 0.2) is 9.81 Å². The molecule has 1 amide bonds. The summed E-state index contributed by atoms with van der Waals surface area (Å²) in [5.41, 5.74) is 0.844. The Hall–Kier alpha value is -0.860. The van der Waals surface area contributed by atoms with Gasteiger partial charge in [0.1, 0.15) is 5.92 Å². The van der Waals surface area contributed by atoms with E-state index >= 15 is 0 Å². The predicted molar refractivity (Wildman–Crippen MR) is 88.7 cm³/mol. The Balaban J connectivity index is 3.14. The lowest BCUT2D eigenvalue weighted by molar-refractivity contribution is -0.149. The summed E-state index contributed by atoms with van der Waals surface area (Å²) in [6.07, 6.45) is -0.494. The van der Waals surface area contributed by atoms with Crippen molar-refractivity contribution in [3.8, 4) is 0 Å². The predicted octanol–water partition coefficient (Wildman–Crippen LogP) is 1.98. The van der Waals surface area contributed by atoms with Crippen LogP contribution in [0.1, 0.15) is 20.3 Å². The summed E-state index contributed by atoms with van der Waals surface area (Å²) in [7, 11) is 2.52. The van der Waals surface area contributed by atoms with Gasteiger partial charge in [0, 0.05) is 4.24 Å². The number of nitrogens with one attached hydrogen (secondary N) is 1. The first-order valence-corrected chi connectivity index (χ1v) is 8.96. The van der Waals surface area contributed by atoms with Crippen LogP contribution in [-0.2, 0) is 14.3 Å². The summed E-state index contributed by atoms with van der Waals surface area (Å²) in [5, 5.41) is 12.6. The van der Waals surface area contributed by atoms with E-state index in [0.29, 0.717) is 0 Å². The molecule has 1 fully saturated rings. The highest BCUT2D eigenvalue weighted by molar-refractivity contribution is 8.22. The third-order valence-corrected chi connectivity index (χ3v) is 6.22. The molecule has 1 aliphatic rings. The van der Waals surface area contributed by atoms with Crippen LogP contribution in [0.4, 0.5) is 4.79 Å². The molecule has 1 saturated heterocycles. The number of esters is 1. The Bertz CT molecular complexity index is 431. The van der Waals surface area contributed by atoms with E-state index in [9.17, 15) is 14.7 Å². The van der Waals surface area contributed by atoms with Crippen molar-refractivity contribution in [1.82, 2.24) is 5.32 Å². The van der Waals surface area contributed by atoms with Crippen LogP contribution in [0.25, 0.3) is 0 Å². The number of hydrogen-bond acceptors (Lipinski definition) is 7. The molecule has 0 radical (unpaired) electrons. The standard InChI is InChI=1S/C14H23NO5S2/c1-8(13-21-6-5-7-22-13)11(15-14(18)20-4)10(9(2)16)12(17)19-3/h9-11,16H,5-7H2,1-4H3,(H,15,18)/t9-,10+,11-/m1/s1. The molecule has 0 spiro atoms. The molecule has 1 rings (SSSR count). The average Bonchev–Trinajstić information content (AvgIpc) is 2.53. The van der Waals surface area contributed by atoms with Crippen molar-refractivity contribution >= 4 is 35.6 Å². The van der Waals surface area contributed by atoms with Crippen molar-refractivity contribution in [1.29, 1.82) is 0 Å². The summed E-state index contributed by atoms with van der Waals surface area (Å²) in [6, 6.07) is -0.673. The maximum Gasteiger partial charge on any atom is 0.407 e. The lowest BCUT2D eigenvalue weighted by atomic mass is 9.90. The number of methoxy groups -OCH3 is 2. The molecule has 0 aromatic heterocycles. The van der Waals surface area contributed by atoms with E-state index in [0.717, 1.165) is 27.7 Å². The Morgan fingerprint density at radius 3 is 2.27 bits per heavy atom. The van der Waals surface area contributed by atoms with Gasteiger partial charge in [-0.1, -0.05) is 0 Å². The van der Waals surface area contributed by atoms with Crippen molar-refractivity contribution in [3.05, 3.63) is 9.81 Å². The van der Waals surface area contributed by atoms with Gasteiger partial charge in [0.2, 0.25) is 0 Å². The minimum Gasteiger partial charge on any atom is -0.469 e. The van der Waals surface area contributed by atoms with Crippen LogP contribution in [-0.4, -0.2) is 55.0 Å². The number of alkyl carbamates (subject to hydrolysis) is 1. The van der Waals surface area contributed by atoms with Gasteiger partial charge in [0.05, 0.1) is 26.4 Å². The summed E-state index contributed by atoms with van der Waals surface area (Å²) in [4.78, 5) is 23.7. The topological polar surface area (TPSA) is 84.9 Å². The van der Waals surface area contributed by atoms with E-state index in [1.54, 1.807) is 23.5 Å². The number of amides is 1. The van der Waals surface area contributed by atoms with Crippen LogP contribution in [0.5, 0.6) is 0 Å². The van der Waals surface area contributed by atoms with Crippen LogP contribution >= 0.6 is 23.5 Å². The van der Waals surface area contributed by atoms with Crippen molar-refractivity contribution in [2.75, 3.05) is 25.7 Å². The molecule has 0 unspecified atom stereocenters. The van der Waals surface area contributed by atoms with Gasteiger partial charge in [-0.2, -0.15) is 0 Å². The van der Waals surface area contributed by atoms with Gasteiger partial charge in [-0.05, 0) is 37.3 Å². The Morgan fingerprint density at radius 2 is 1.82 bits per heavy atom. The van der Waals surface area contributed by atoms with E-state index < -0.39 is 30.1 Å². The molecule has 0 aromatic rings. The number of hydrogen-bond donors (Lipinski definition) is 2. The maximum atomic E-state index is 12.0. The van der Waals surface area contributed by atoms with Gasteiger partial charge >= 0.3 is 12.1 Å². The van der Waals surface area contributed by atoms with Crippen LogP contribution in [0.2, 0.25) is 0 Å². The molecule has 1 aliphatic heterocycles. The zero-order chi connectivity index (χ0) is 16.7. The second kappa shape index (κ2) is 9.32. The fourth-order valence-corrected chi connectivity index (χ4v) is 4.86. The van der Waals surface area contributed by atoms with Crippen molar-refractivity contribution in [2.24, 2.45) is 5.92 Å². The first-order valence-electron chi connectivity index (χ1n) is 6.99. The molecule has 0 aromatic carbocycles. The Morgan fingerprint density at radius 1 is 1.23 bits per heavy atom. The number of rotatable bonds is 5. The van der Waals surface area contributed by atoms with Gasteiger partial charge in [-0.25, -0.2) is 4.79 Å². The molecule has 1 heterocycles. The smallest absolute Gasteiger partial charge is 0.407 e. The number of aliphatic hydroxyl groups is 1.